The van der Waals surface area contributed by atoms with Gasteiger partial charge in [0.1, 0.15) is 6.61 Å². The Labute approximate surface area is 177 Å². The quantitative estimate of drug-likeness (QED) is 0.446. The molecule has 0 fully saturated rings. The van der Waals surface area contributed by atoms with Gasteiger partial charge in [-0.25, -0.2) is 0 Å². The fourth-order valence-electron chi connectivity index (χ4n) is 2.33. The number of ether oxygens (including phenoxy) is 4. The largest absolute Gasteiger partial charge is 0.462 e. The highest BCUT2D eigenvalue weighted by Gasteiger charge is 2.42. The lowest BCUT2D eigenvalue weighted by atomic mass is 10.1. The lowest BCUT2D eigenvalue weighted by Gasteiger charge is -2.30. The van der Waals surface area contributed by atoms with Crippen molar-refractivity contribution >= 4 is 47.1 Å². The summed E-state index contributed by atoms with van der Waals surface area (Å²) in [6, 6.07) is 6.02. The normalized spacial score (nSPS) is 13.2. The Morgan fingerprint density at radius 3 is 1.83 bits per heavy atom. The van der Waals surface area contributed by atoms with Crippen LogP contribution in [0.4, 0.5) is 5.69 Å². The number of nitrogens with one attached hydrogen (secondary N) is 1. The van der Waals surface area contributed by atoms with Gasteiger partial charge in [-0.2, -0.15) is 0 Å². The van der Waals surface area contributed by atoms with Crippen LogP contribution in [-0.2, 0) is 42.9 Å². The average Bonchev–Trinajstić information content (AvgIpc) is 2.62. The molecular formula is C19H22ClNO9. The molecule has 164 valence electrons. The van der Waals surface area contributed by atoms with Crippen molar-refractivity contribution < 1.29 is 42.9 Å². The molecule has 0 spiro atoms. The van der Waals surface area contributed by atoms with Crippen molar-refractivity contribution in [1.82, 2.24) is 0 Å². The predicted octanol–water partition coefficient (Wildman–Crippen LogP) is 1.64. The Kier molecular flexibility index (Phi) is 9.76. The van der Waals surface area contributed by atoms with Gasteiger partial charge in [0.2, 0.25) is 6.10 Å². The molecule has 0 radical (unpaired) electrons. The molecule has 1 aromatic carbocycles. The molecule has 1 aromatic rings. The van der Waals surface area contributed by atoms with Crippen LogP contribution >= 0.6 is 11.6 Å². The summed E-state index contributed by atoms with van der Waals surface area (Å²) < 4.78 is 20.1. The number of rotatable bonds is 9. The zero-order chi connectivity index (χ0) is 22.8. The van der Waals surface area contributed by atoms with E-state index in [1.807, 2.05) is 0 Å². The number of hydrogen-bond donors (Lipinski definition) is 1. The number of carbonyl (C=O) groups is 5. The maximum atomic E-state index is 12.8. The lowest BCUT2D eigenvalue weighted by Crippen LogP contribution is -2.52. The molecule has 0 aliphatic carbocycles. The summed E-state index contributed by atoms with van der Waals surface area (Å²) in [4.78, 5) is 58.7. The zero-order valence-electron chi connectivity index (χ0n) is 16.8. The van der Waals surface area contributed by atoms with Crippen LogP contribution in [0.2, 0.25) is 5.02 Å². The van der Waals surface area contributed by atoms with Gasteiger partial charge in [-0.05, 0) is 24.3 Å². The second-order valence-electron chi connectivity index (χ2n) is 6.05. The van der Waals surface area contributed by atoms with Crippen molar-refractivity contribution in [2.45, 2.75) is 46.0 Å². The summed E-state index contributed by atoms with van der Waals surface area (Å²) in [7, 11) is 0. The van der Waals surface area contributed by atoms with Crippen LogP contribution in [0.5, 0.6) is 0 Å². The van der Waals surface area contributed by atoms with Gasteiger partial charge in [0.25, 0.3) is 5.91 Å². The van der Waals surface area contributed by atoms with Crippen molar-refractivity contribution in [3.8, 4) is 0 Å². The molecule has 0 aliphatic heterocycles. The maximum absolute atomic E-state index is 12.8. The van der Waals surface area contributed by atoms with Crippen molar-refractivity contribution in [2.24, 2.45) is 0 Å². The second-order valence-corrected chi connectivity index (χ2v) is 6.49. The van der Waals surface area contributed by atoms with E-state index in [2.05, 4.69) is 5.32 Å². The third kappa shape index (κ3) is 8.91. The average molecular weight is 444 g/mol. The molecular weight excluding hydrogens is 422 g/mol. The van der Waals surface area contributed by atoms with Crippen molar-refractivity contribution in [3.05, 3.63) is 29.3 Å². The summed E-state index contributed by atoms with van der Waals surface area (Å²) >= 11 is 5.81. The summed E-state index contributed by atoms with van der Waals surface area (Å²) in [5.74, 6) is -4.10. The molecule has 0 saturated carbocycles. The van der Waals surface area contributed by atoms with Gasteiger partial charge in [-0.15, -0.1) is 0 Å². The summed E-state index contributed by atoms with van der Waals surface area (Å²) in [6.07, 6.45) is -4.74. The van der Waals surface area contributed by atoms with Gasteiger partial charge >= 0.3 is 23.9 Å². The molecule has 30 heavy (non-hydrogen) atoms. The number of anilines is 1. The monoisotopic (exact) mass is 443 g/mol. The van der Waals surface area contributed by atoms with Gasteiger partial charge in [-0.3, -0.25) is 24.0 Å². The minimum absolute atomic E-state index is 0.312. The fourth-order valence-corrected chi connectivity index (χ4v) is 2.45. The van der Waals surface area contributed by atoms with E-state index in [4.69, 9.17) is 30.5 Å². The first-order valence-corrected chi connectivity index (χ1v) is 9.08. The highest BCUT2D eigenvalue weighted by Crippen LogP contribution is 2.19. The zero-order valence-corrected chi connectivity index (χ0v) is 17.6. The highest BCUT2D eigenvalue weighted by atomic mass is 35.5. The number of esters is 4. The molecule has 1 N–H and O–H groups in total. The molecule has 11 heteroatoms. The number of benzene rings is 1. The molecule has 0 unspecified atom stereocenters. The van der Waals surface area contributed by atoms with Gasteiger partial charge < -0.3 is 24.3 Å². The number of amides is 1. The van der Waals surface area contributed by atoms with Crippen LogP contribution < -0.4 is 5.32 Å². The van der Waals surface area contributed by atoms with Crippen molar-refractivity contribution in [3.63, 3.8) is 0 Å². The van der Waals surface area contributed by atoms with E-state index in [1.165, 1.54) is 24.3 Å². The third-order valence-corrected chi connectivity index (χ3v) is 3.65. The predicted molar refractivity (Wildman–Crippen MR) is 103 cm³/mol. The topological polar surface area (TPSA) is 134 Å². The van der Waals surface area contributed by atoms with E-state index in [-0.39, 0.29) is 0 Å². The van der Waals surface area contributed by atoms with Crippen LogP contribution in [0, 0.1) is 0 Å². The molecule has 0 aromatic heterocycles. The molecule has 0 saturated heterocycles. The third-order valence-electron chi connectivity index (χ3n) is 3.40. The van der Waals surface area contributed by atoms with Crippen LogP contribution in [-0.4, -0.2) is 54.7 Å². The van der Waals surface area contributed by atoms with E-state index in [0.717, 1.165) is 27.7 Å². The molecule has 10 nitrogen and oxygen atoms in total. The van der Waals surface area contributed by atoms with Crippen LogP contribution in [0.3, 0.4) is 0 Å². The smallest absolute Gasteiger partial charge is 0.303 e. The van der Waals surface area contributed by atoms with Gasteiger partial charge in [0.15, 0.2) is 12.2 Å². The molecule has 0 bridgehead atoms. The van der Waals surface area contributed by atoms with Gasteiger partial charge in [-0.1, -0.05) is 11.6 Å². The number of halogens is 1. The number of hydrogen-bond acceptors (Lipinski definition) is 9. The molecule has 0 aliphatic rings. The first kappa shape index (κ1) is 24.9. The molecule has 3 atom stereocenters. The SMILES string of the molecule is CC(=O)OC[C@H](OC(C)=O)[C@@H](OC(C)=O)[C@@H](OC(C)=O)C(=O)Nc1ccc(Cl)cc1. The summed E-state index contributed by atoms with van der Waals surface area (Å²) in [5.41, 5.74) is 0.312. The molecule has 0 heterocycles. The summed E-state index contributed by atoms with van der Waals surface area (Å²) in [5, 5.41) is 2.92. The van der Waals surface area contributed by atoms with Gasteiger partial charge in [0.05, 0.1) is 0 Å². The minimum Gasteiger partial charge on any atom is -0.462 e. The first-order valence-electron chi connectivity index (χ1n) is 8.71. The first-order chi connectivity index (χ1) is 14.0. The van der Waals surface area contributed by atoms with Crippen molar-refractivity contribution in [1.29, 1.82) is 0 Å². The van der Waals surface area contributed by atoms with Crippen molar-refractivity contribution in [2.75, 3.05) is 11.9 Å². The lowest BCUT2D eigenvalue weighted by molar-refractivity contribution is -0.190. The Morgan fingerprint density at radius 1 is 0.833 bits per heavy atom. The Hall–Kier alpha value is -3.14. The van der Waals surface area contributed by atoms with E-state index < -0.39 is 54.7 Å². The van der Waals surface area contributed by atoms with Crippen LogP contribution in [0.15, 0.2) is 24.3 Å². The second kappa shape index (κ2) is 11.8. The maximum Gasteiger partial charge on any atom is 0.303 e. The van der Waals surface area contributed by atoms with E-state index in [1.54, 1.807) is 0 Å². The Balaban J connectivity index is 3.25. The molecule has 1 amide bonds. The van der Waals surface area contributed by atoms with E-state index >= 15 is 0 Å². The Bertz CT molecular complexity index is 794. The Morgan fingerprint density at radius 2 is 1.37 bits per heavy atom. The standard InChI is InChI=1S/C19H22ClNO9/c1-10(22)27-9-16(28-11(2)23)17(29-12(3)24)18(30-13(4)25)19(26)21-15-7-5-14(20)6-8-15/h5-8,16-18H,9H2,1-4H3,(H,21,26)/t16-,17+,18+/m0/s1. The summed E-state index contributed by atoms with van der Waals surface area (Å²) in [6.45, 7) is 3.73. The minimum atomic E-state index is -1.72. The van der Waals surface area contributed by atoms with E-state index in [9.17, 15) is 24.0 Å². The highest BCUT2D eigenvalue weighted by molar-refractivity contribution is 6.30. The van der Waals surface area contributed by atoms with E-state index in [0.29, 0.717) is 10.7 Å². The van der Waals surface area contributed by atoms with Gasteiger partial charge in [0, 0.05) is 38.4 Å². The molecule has 1 rings (SSSR count). The number of carbonyl (C=O) groups excluding carboxylic acids is 5. The fraction of sp³-hybridized carbons (Fsp3) is 0.421. The van der Waals surface area contributed by atoms with Crippen LogP contribution in [0.1, 0.15) is 27.7 Å². The van der Waals surface area contributed by atoms with Crippen LogP contribution in [0.25, 0.3) is 0 Å².